The Morgan fingerprint density at radius 2 is 1.18 bits per heavy atom. The monoisotopic (exact) mass is 300 g/mol. The van der Waals surface area contributed by atoms with Crippen molar-refractivity contribution in [1.82, 2.24) is 20.0 Å². The van der Waals surface area contributed by atoms with E-state index in [9.17, 15) is 0 Å². The summed E-state index contributed by atoms with van der Waals surface area (Å²) in [6.07, 6.45) is 4.51. The van der Waals surface area contributed by atoms with Crippen molar-refractivity contribution in [2.75, 3.05) is 13.3 Å². The second-order valence-corrected chi connectivity index (χ2v) is 10.2. The predicted octanol–water partition coefficient (Wildman–Crippen LogP) is 1.95. The Hall–Kier alpha value is -0.160. The van der Waals surface area contributed by atoms with Gasteiger partial charge in [0.1, 0.15) is 0 Å². The van der Waals surface area contributed by atoms with E-state index in [-0.39, 0.29) is 0 Å². The molecule has 0 aromatic rings. The van der Waals surface area contributed by atoms with E-state index in [1.54, 1.807) is 0 Å². The lowest BCUT2D eigenvalue weighted by molar-refractivity contribution is -0.425. The first-order valence-electron chi connectivity index (χ1n) is 9.52. The number of nitrogens with zero attached hydrogens (tertiary/aromatic N) is 4. The summed E-state index contributed by atoms with van der Waals surface area (Å²) in [5.74, 6) is 3.82. The molecule has 0 spiro atoms. The van der Waals surface area contributed by atoms with Crippen molar-refractivity contribution in [3.8, 4) is 0 Å². The van der Waals surface area contributed by atoms with E-state index in [0.717, 1.165) is 35.8 Å². The Labute approximate surface area is 133 Å². The number of hydrazine groups is 2. The lowest BCUT2D eigenvalue weighted by Crippen LogP contribution is -2.91. The van der Waals surface area contributed by atoms with Gasteiger partial charge in [-0.15, -0.1) is 0 Å². The fourth-order valence-electron chi connectivity index (χ4n) is 9.25. The molecular formula is C18H28N4. The fraction of sp³-hybridized carbons (Fsp3) is 1.00. The van der Waals surface area contributed by atoms with E-state index in [1.807, 2.05) is 0 Å². The molecule has 22 heavy (non-hydrogen) atoms. The zero-order valence-electron chi connectivity index (χ0n) is 14.3. The minimum atomic E-state index is 0.381. The predicted molar refractivity (Wildman–Crippen MR) is 83.1 cm³/mol. The lowest BCUT2D eigenvalue weighted by Gasteiger charge is -2.78. The molecule has 0 aromatic carbocycles. The molecule has 9 aliphatic rings. The third kappa shape index (κ3) is 0.767. The highest BCUT2D eigenvalue weighted by Gasteiger charge is 2.89. The van der Waals surface area contributed by atoms with E-state index >= 15 is 0 Å². The first-order chi connectivity index (χ1) is 10.4. The van der Waals surface area contributed by atoms with Gasteiger partial charge in [0.2, 0.25) is 0 Å². The van der Waals surface area contributed by atoms with Gasteiger partial charge in [0.25, 0.3) is 0 Å². The zero-order valence-corrected chi connectivity index (χ0v) is 14.3. The van der Waals surface area contributed by atoms with Crippen LogP contribution in [0.3, 0.4) is 0 Å². The van der Waals surface area contributed by atoms with Gasteiger partial charge in [0.15, 0.2) is 0 Å². The molecule has 0 amide bonds. The Balaban J connectivity index is 1.57. The van der Waals surface area contributed by atoms with Gasteiger partial charge in [-0.3, -0.25) is 0 Å². The minimum absolute atomic E-state index is 0.381. The molecule has 0 N–H and O–H groups in total. The summed E-state index contributed by atoms with van der Waals surface area (Å²) in [6.45, 7) is 12.8. The molecule has 10 bridgehead atoms. The Kier molecular flexibility index (Phi) is 1.63. The van der Waals surface area contributed by atoms with Gasteiger partial charge in [-0.2, -0.15) is 0 Å². The molecule has 6 aliphatic heterocycles. The van der Waals surface area contributed by atoms with Gasteiger partial charge in [0, 0.05) is 40.4 Å². The Morgan fingerprint density at radius 1 is 0.727 bits per heavy atom. The summed E-state index contributed by atoms with van der Waals surface area (Å²) in [5, 5.41) is 11.3. The van der Waals surface area contributed by atoms with Crippen LogP contribution in [0.5, 0.6) is 0 Å². The second-order valence-electron chi connectivity index (χ2n) is 10.2. The van der Waals surface area contributed by atoms with Crippen LogP contribution in [0.15, 0.2) is 0 Å². The van der Waals surface area contributed by atoms with Crippen LogP contribution >= 0.6 is 0 Å². The van der Waals surface area contributed by atoms with Gasteiger partial charge in [-0.1, -0.05) is 20.3 Å². The molecule has 6 heterocycles. The average molecular weight is 300 g/mol. The lowest BCUT2D eigenvalue weighted by atomic mass is 9.55. The summed E-state index contributed by atoms with van der Waals surface area (Å²) in [7, 11) is 0. The highest BCUT2D eigenvalue weighted by atomic mass is 15.9. The van der Waals surface area contributed by atoms with Crippen molar-refractivity contribution >= 4 is 0 Å². The molecule has 4 heteroatoms. The Bertz CT molecular complexity index is 568. The van der Waals surface area contributed by atoms with E-state index in [4.69, 9.17) is 0 Å². The largest absolute Gasteiger partial charge is 0.221 e. The van der Waals surface area contributed by atoms with Crippen LogP contribution in [0.2, 0.25) is 0 Å². The van der Waals surface area contributed by atoms with Crippen LogP contribution < -0.4 is 0 Å². The molecule has 10 atom stereocenters. The third-order valence-corrected chi connectivity index (χ3v) is 10.4. The van der Waals surface area contributed by atoms with E-state index in [2.05, 4.69) is 47.7 Å². The molecule has 4 nitrogen and oxygen atoms in total. The number of rotatable bonds is 0. The number of hydrogen-bond acceptors (Lipinski definition) is 4. The molecular weight excluding hydrogens is 272 g/mol. The molecule has 0 radical (unpaired) electrons. The average Bonchev–Trinajstić information content (AvgIpc) is 3.07. The molecule has 3 aliphatic carbocycles. The summed E-state index contributed by atoms with van der Waals surface area (Å²) in [6, 6.07) is 1.71. The van der Waals surface area contributed by atoms with Crippen LogP contribution in [0, 0.1) is 29.1 Å². The van der Waals surface area contributed by atoms with E-state index in [0.29, 0.717) is 16.5 Å². The topological polar surface area (TPSA) is 13.0 Å². The molecule has 9 fully saturated rings. The van der Waals surface area contributed by atoms with Crippen LogP contribution in [0.25, 0.3) is 0 Å². The summed E-state index contributed by atoms with van der Waals surface area (Å²) < 4.78 is 0. The first kappa shape index (κ1) is 12.2. The quantitative estimate of drug-likeness (QED) is 0.678. The highest BCUT2D eigenvalue weighted by Crippen LogP contribution is 2.79. The van der Waals surface area contributed by atoms with Gasteiger partial charge in [-0.25, -0.2) is 20.0 Å². The molecule has 10 unspecified atom stereocenters. The highest BCUT2D eigenvalue weighted by molar-refractivity contribution is 5.38. The van der Waals surface area contributed by atoms with Gasteiger partial charge >= 0.3 is 0 Å². The standard InChI is InChI=1S/C18H28N4/c1-16(2)17(3)12-13-15-11-7-5-6-10(11)14(12)19-8-21(17)22(9-20(15)19)18(13,16)4/h10-15H,5-9H2,1-4H3. The van der Waals surface area contributed by atoms with Gasteiger partial charge < -0.3 is 0 Å². The molecule has 0 aromatic heterocycles. The van der Waals surface area contributed by atoms with Crippen molar-refractivity contribution < 1.29 is 0 Å². The maximum atomic E-state index is 2.83. The van der Waals surface area contributed by atoms with Crippen LogP contribution in [-0.4, -0.2) is 56.5 Å². The van der Waals surface area contributed by atoms with E-state index in [1.165, 1.54) is 32.6 Å². The van der Waals surface area contributed by atoms with Gasteiger partial charge in [-0.05, 0) is 38.5 Å². The van der Waals surface area contributed by atoms with Crippen molar-refractivity contribution in [3.63, 3.8) is 0 Å². The summed E-state index contributed by atoms with van der Waals surface area (Å²) in [5.41, 5.74) is 1.16. The van der Waals surface area contributed by atoms with Crippen molar-refractivity contribution in [2.45, 2.75) is 70.1 Å². The fourth-order valence-corrected chi connectivity index (χ4v) is 9.25. The Morgan fingerprint density at radius 3 is 1.64 bits per heavy atom. The first-order valence-corrected chi connectivity index (χ1v) is 9.52. The minimum Gasteiger partial charge on any atom is -0.221 e. The smallest absolute Gasteiger partial charge is 0.0797 e. The van der Waals surface area contributed by atoms with Crippen LogP contribution in [0.4, 0.5) is 0 Å². The molecule has 6 saturated heterocycles. The molecule has 9 rings (SSSR count). The van der Waals surface area contributed by atoms with E-state index < -0.39 is 0 Å². The summed E-state index contributed by atoms with van der Waals surface area (Å²) in [4.78, 5) is 0. The molecule has 3 saturated carbocycles. The van der Waals surface area contributed by atoms with Crippen molar-refractivity contribution in [2.24, 2.45) is 29.1 Å². The van der Waals surface area contributed by atoms with Crippen molar-refractivity contribution in [3.05, 3.63) is 0 Å². The van der Waals surface area contributed by atoms with Crippen molar-refractivity contribution in [1.29, 1.82) is 0 Å². The zero-order chi connectivity index (χ0) is 14.8. The second kappa shape index (κ2) is 2.94. The van der Waals surface area contributed by atoms with Crippen LogP contribution in [-0.2, 0) is 0 Å². The number of hydrogen-bond donors (Lipinski definition) is 0. The maximum absolute atomic E-state index is 2.83. The van der Waals surface area contributed by atoms with Gasteiger partial charge in [0.05, 0.1) is 13.3 Å². The third-order valence-electron chi connectivity index (χ3n) is 10.4. The SMILES string of the molecule is CC12C3C4C5CCCC5C5C3C(C)(N3CN5N4CN31)C2(C)C. The maximum Gasteiger partial charge on any atom is 0.0797 e. The normalized spacial score (nSPS) is 72.0. The van der Waals surface area contributed by atoms with Crippen LogP contribution in [0.1, 0.15) is 47.0 Å². The summed E-state index contributed by atoms with van der Waals surface area (Å²) >= 11 is 0. The molecule has 120 valence electrons.